The lowest BCUT2D eigenvalue weighted by molar-refractivity contribution is 1.17. The molecule has 1 aliphatic rings. The van der Waals surface area contributed by atoms with E-state index in [9.17, 15) is 0 Å². The van der Waals surface area contributed by atoms with Gasteiger partial charge in [-0.1, -0.05) is 162 Å². The van der Waals surface area contributed by atoms with E-state index in [1.165, 1.54) is 60.0 Å². The van der Waals surface area contributed by atoms with Gasteiger partial charge in [0.1, 0.15) is 0 Å². The fourth-order valence-electron chi connectivity index (χ4n) is 10.5. The first-order valence-electron chi connectivity index (χ1n) is 22.4. The number of nitrogens with zero attached hydrogens (tertiary/aromatic N) is 4. The Bertz CT molecular complexity index is 3410. The zero-order chi connectivity index (χ0) is 42.8. The van der Waals surface area contributed by atoms with Crippen LogP contribution in [0.3, 0.4) is 0 Å². The number of fused-ring (bicyclic) bond motifs is 12. The molecule has 65 heavy (non-hydrogen) atoms. The Balaban J connectivity index is 1.19. The van der Waals surface area contributed by atoms with E-state index in [0.717, 1.165) is 45.5 Å². The molecule has 10 aromatic carbocycles. The van der Waals surface area contributed by atoms with Crippen LogP contribution < -0.4 is 26.2 Å². The quantitative estimate of drug-likeness (QED) is 0.161. The van der Waals surface area contributed by atoms with E-state index in [2.05, 4.69) is 268 Å². The Morgan fingerprint density at radius 2 is 0.523 bits per heavy atom. The fourth-order valence-corrected chi connectivity index (χ4v) is 10.5. The number of aromatic nitrogens is 2. The molecular weight excluding hydrogens is 787 g/mol. The number of rotatable bonds is 5. The van der Waals surface area contributed by atoms with Crippen molar-refractivity contribution in [3.8, 4) is 11.4 Å². The van der Waals surface area contributed by atoms with E-state index in [4.69, 9.17) is 0 Å². The van der Waals surface area contributed by atoms with Gasteiger partial charge in [-0.15, -0.1) is 0 Å². The Morgan fingerprint density at radius 1 is 0.215 bits per heavy atom. The molecule has 0 fully saturated rings. The van der Waals surface area contributed by atoms with Crippen LogP contribution in [0.2, 0.25) is 0 Å². The number of anilines is 6. The fraction of sp³-hybridized carbons (Fsp3) is 0. The molecule has 0 saturated heterocycles. The Hall–Kier alpha value is -8.54. The van der Waals surface area contributed by atoms with Crippen molar-refractivity contribution in [3.05, 3.63) is 249 Å². The molecule has 0 unspecified atom stereocenters. The first-order chi connectivity index (χ1) is 32.2. The maximum atomic E-state index is 2.46. The lowest BCUT2D eigenvalue weighted by atomic mass is 9.36. The van der Waals surface area contributed by atoms with Gasteiger partial charge in [-0.2, -0.15) is 0 Å². The van der Waals surface area contributed by atoms with Gasteiger partial charge < -0.3 is 18.9 Å². The molecule has 304 valence electrons. The summed E-state index contributed by atoms with van der Waals surface area (Å²) in [5.41, 5.74) is 17.0. The van der Waals surface area contributed by atoms with E-state index < -0.39 is 0 Å². The topological polar surface area (TPSA) is 16.3 Å². The van der Waals surface area contributed by atoms with Crippen molar-refractivity contribution in [1.82, 2.24) is 9.13 Å². The van der Waals surface area contributed by atoms with Crippen LogP contribution in [0.4, 0.5) is 34.1 Å². The van der Waals surface area contributed by atoms with E-state index in [-0.39, 0.29) is 6.71 Å². The molecule has 0 saturated carbocycles. The molecule has 13 rings (SSSR count). The Morgan fingerprint density at radius 3 is 0.923 bits per heavy atom. The average molecular weight is 829 g/mol. The summed E-state index contributed by atoms with van der Waals surface area (Å²) in [5.74, 6) is 0. The van der Waals surface area contributed by atoms with Crippen molar-refractivity contribution in [3.63, 3.8) is 0 Å². The van der Waals surface area contributed by atoms with Crippen LogP contribution in [0.1, 0.15) is 0 Å². The van der Waals surface area contributed by atoms with Gasteiger partial charge in [-0.25, -0.2) is 0 Å². The van der Waals surface area contributed by atoms with E-state index in [0.29, 0.717) is 0 Å². The maximum Gasteiger partial charge on any atom is 0.241 e. The molecule has 6 bridgehead atoms. The van der Waals surface area contributed by atoms with Gasteiger partial charge >= 0.3 is 0 Å². The smallest absolute Gasteiger partial charge is 0.241 e. The van der Waals surface area contributed by atoms with Crippen molar-refractivity contribution in [2.24, 2.45) is 0 Å². The summed E-state index contributed by atoms with van der Waals surface area (Å²) in [6, 6.07) is 91.4. The molecule has 1 aliphatic heterocycles. The predicted octanol–water partition coefficient (Wildman–Crippen LogP) is 13.6. The SMILES string of the molecule is c1ccc(B2c3cc(cc(-n4c5ccccc5c5ccccc54)c3)N(c3ccccc3)c3cccc(c3)N(c3ccccc3)c3cc2cc(-n2c4ccccc4c4ccccc42)c3)cc1. The number of para-hydroxylation sites is 6. The minimum atomic E-state index is -0.150. The van der Waals surface area contributed by atoms with Gasteiger partial charge in [-0.05, 0) is 103 Å². The van der Waals surface area contributed by atoms with Gasteiger partial charge in [0.2, 0.25) is 6.71 Å². The lowest BCUT2D eigenvalue weighted by Gasteiger charge is -2.32. The van der Waals surface area contributed by atoms with E-state index >= 15 is 0 Å². The molecule has 0 aliphatic carbocycles. The van der Waals surface area contributed by atoms with Gasteiger partial charge in [0, 0.05) is 67.0 Å². The normalized spacial score (nSPS) is 12.5. The largest absolute Gasteiger partial charge is 0.310 e. The molecule has 4 nitrogen and oxygen atoms in total. The summed E-state index contributed by atoms with van der Waals surface area (Å²) in [6.45, 7) is -0.150. The zero-order valence-electron chi connectivity index (χ0n) is 35.5. The number of benzene rings is 10. The second-order valence-electron chi connectivity index (χ2n) is 17.0. The van der Waals surface area contributed by atoms with Crippen molar-refractivity contribution in [2.75, 3.05) is 9.80 Å². The maximum absolute atomic E-state index is 2.46. The van der Waals surface area contributed by atoms with Crippen LogP contribution in [0.15, 0.2) is 249 Å². The summed E-state index contributed by atoms with van der Waals surface area (Å²) in [4.78, 5) is 4.85. The van der Waals surface area contributed by atoms with Crippen molar-refractivity contribution in [2.45, 2.75) is 0 Å². The van der Waals surface area contributed by atoms with Gasteiger partial charge in [0.05, 0.1) is 22.1 Å². The molecule has 0 atom stereocenters. The second-order valence-corrected chi connectivity index (χ2v) is 17.0. The van der Waals surface area contributed by atoms with Crippen LogP contribution >= 0.6 is 0 Å². The third kappa shape index (κ3) is 6.08. The van der Waals surface area contributed by atoms with Gasteiger partial charge in [0.15, 0.2) is 0 Å². The second kappa shape index (κ2) is 15.1. The van der Waals surface area contributed by atoms with Crippen molar-refractivity contribution < 1.29 is 0 Å². The molecule has 12 aromatic rings. The van der Waals surface area contributed by atoms with Crippen molar-refractivity contribution >= 4 is 101 Å². The molecule has 0 spiro atoms. The molecule has 0 radical (unpaired) electrons. The highest BCUT2D eigenvalue weighted by molar-refractivity contribution is 6.95. The highest BCUT2D eigenvalue weighted by Gasteiger charge is 2.29. The standard InChI is InChI=1S/C60H41BN4/c1-4-19-42(20-5-1)61-43-35-49(40-51(37-43)64-57-31-14-10-27-53(57)54-28-11-15-32-58(54)64)62(45-21-6-2-7-22-45)47-25-18-26-48(39-47)63(46-23-8-3-9-24-46)50-36-44(61)38-52(41-50)65-59-33-16-12-29-55(59)56-30-13-17-34-60(56)65/h1-41H. The summed E-state index contributed by atoms with van der Waals surface area (Å²) < 4.78 is 4.92. The minimum absolute atomic E-state index is 0.150. The summed E-state index contributed by atoms with van der Waals surface area (Å²) in [6.07, 6.45) is 0. The zero-order valence-corrected chi connectivity index (χ0v) is 35.5. The van der Waals surface area contributed by atoms with Gasteiger partial charge in [-0.3, -0.25) is 0 Å². The first-order valence-corrected chi connectivity index (χ1v) is 22.4. The third-order valence-electron chi connectivity index (χ3n) is 13.2. The highest BCUT2D eigenvalue weighted by Crippen LogP contribution is 2.43. The number of hydrogen-bond acceptors (Lipinski definition) is 2. The highest BCUT2D eigenvalue weighted by atomic mass is 15.2. The van der Waals surface area contributed by atoms with Crippen molar-refractivity contribution in [1.29, 1.82) is 0 Å². The molecule has 2 aromatic heterocycles. The Kier molecular flexibility index (Phi) is 8.60. The van der Waals surface area contributed by atoms with Gasteiger partial charge in [0.25, 0.3) is 0 Å². The third-order valence-corrected chi connectivity index (χ3v) is 13.2. The number of hydrogen-bond donors (Lipinski definition) is 0. The summed E-state index contributed by atoms with van der Waals surface area (Å²) in [5, 5.41) is 4.95. The van der Waals surface area contributed by atoms with Crippen LogP contribution in [-0.4, -0.2) is 15.8 Å². The minimum Gasteiger partial charge on any atom is -0.310 e. The molecule has 0 N–H and O–H groups in total. The summed E-state index contributed by atoms with van der Waals surface area (Å²) >= 11 is 0. The van der Waals surface area contributed by atoms with Crippen LogP contribution in [0.5, 0.6) is 0 Å². The van der Waals surface area contributed by atoms with Crippen LogP contribution in [0.25, 0.3) is 55.0 Å². The molecule has 0 amide bonds. The average Bonchev–Trinajstić information content (AvgIpc) is 3.88. The summed E-state index contributed by atoms with van der Waals surface area (Å²) in [7, 11) is 0. The predicted molar refractivity (Wildman–Crippen MR) is 276 cm³/mol. The van der Waals surface area contributed by atoms with E-state index in [1.807, 2.05) is 0 Å². The lowest BCUT2D eigenvalue weighted by Crippen LogP contribution is -2.52. The Labute approximate surface area is 378 Å². The van der Waals surface area contributed by atoms with E-state index in [1.54, 1.807) is 0 Å². The molecular formula is C60H41BN4. The molecule has 3 heterocycles. The molecule has 5 heteroatoms. The van der Waals surface area contributed by atoms with Crippen LogP contribution in [-0.2, 0) is 0 Å². The monoisotopic (exact) mass is 828 g/mol. The first kappa shape index (κ1) is 37.1. The van der Waals surface area contributed by atoms with Crippen LogP contribution in [0, 0.1) is 0 Å².